The molecular weight excluding hydrogens is 308 g/mol. The zero-order valence-corrected chi connectivity index (χ0v) is 14.4. The predicted octanol–water partition coefficient (Wildman–Crippen LogP) is 1.87. The average Bonchev–Trinajstić information content (AvgIpc) is 2.54. The highest BCUT2D eigenvalue weighted by Gasteiger charge is 2.18. The molecule has 0 spiro atoms. The highest BCUT2D eigenvalue weighted by molar-refractivity contribution is 5.28. The number of aromatic amines is 1. The topological polar surface area (TPSA) is 73.3 Å². The molecule has 0 unspecified atom stereocenters. The number of hydrogen-bond donors (Lipinski definition) is 1. The van der Waals surface area contributed by atoms with Gasteiger partial charge in [0.15, 0.2) is 0 Å². The smallest absolute Gasteiger partial charge is 0.330 e. The first-order valence-corrected chi connectivity index (χ1v) is 8.01. The van der Waals surface area contributed by atoms with Crippen LogP contribution in [0.4, 0.5) is 0 Å². The monoisotopic (exact) mass is 332 g/mol. The van der Waals surface area contributed by atoms with Crippen molar-refractivity contribution in [2.75, 3.05) is 20.3 Å². The number of benzene rings is 1. The Kier molecular flexibility index (Phi) is 6.52. The van der Waals surface area contributed by atoms with Crippen LogP contribution in [0.1, 0.15) is 36.6 Å². The van der Waals surface area contributed by atoms with Crippen LogP contribution in [-0.4, -0.2) is 29.9 Å². The second-order valence-corrected chi connectivity index (χ2v) is 5.89. The van der Waals surface area contributed by atoms with Gasteiger partial charge >= 0.3 is 5.69 Å². The lowest BCUT2D eigenvalue weighted by Gasteiger charge is -2.18. The maximum Gasteiger partial charge on any atom is 0.330 e. The summed E-state index contributed by atoms with van der Waals surface area (Å²) in [5.41, 5.74) is 1.58. The fourth-order valence-corrected chi connectivity index (χ4v) is 2.64. The van der Waals surface area contributed by atoms with Crippen LogP contribution in [0.5, 0.6) is 0 Å². The Hall–Kier alpha value is -2.18. The van der Waals surface area contributed by atoms with E-state index >= 15 is 0 Å². The molecule has 2 rings (SSSR count). The lowest BCUT2D eigenvalue weighted by molar-refractivity contribution is 0.0308. The molecule has 0 saturated carbocycles. The molecule has 0 amide bonds. The van der Waals surface area contributed by atoms with Crippen molar-refractivity contribution in [1.82, 2.24) is 9.55 Å². The SMILES string of the molecule is COCCOCn1c(Cc2ccccc2)c(C(C)C)c(=O)[nH]c1=O. The number of H-pyrrole nitrogens is 1. The van der Waals surface area contributed by atoms with Crippen molar-refractivity contribution in [2.24, 2.45) is 0 Å². The van der Waals surface area contributed by atoms with Crippen LogP contribution < -0.4 is 11.2 Å². The Morgan fingerprint density at radius 2 is 1.83 bits per heavy atom. The van der Waals surface area contributed by atoms with Crippen molar-refractivity contribution in [3.05, 3.63) is 68.0 Å². The molecule has 6 heteroatoms. The molecule has 0 bridgehead atoms. The molecule has 1 heterocycles. The van der Waals surface area contributed by atoms with E-state index in [1.165, 1.54) is 4.57 Å². The van der Waals surface area contributed by atoms with Crippen LogP contribution in [0.15, 0.2) is 39.9 Å². The lowest BCUT2D eigenvalue weighted by Crippen LogP contribution is -2.37. The number of methoxy groups -OCH3 is 1. The summed E-state index contributed by atoms with van der Waals surface area (Å²) in [6.07, 6.45) is 0.501. The molecule has 130 valence electrons. The minimum atomic E-state index is -0.451. The first-order chi connectivity index (χ1) is 11.5. The van der Waals surface area contributed by atoms with Crippen molar-refractivity contribution in [3.8, 4) is 0 Å². The first-order valence-electron chi connectivity index (χ1n) is 8.01. The van der Waals surface area contributed by atoms with Gasteiger partial charge in [-0.05, 0) is 11.5 Å². The molecular formula is C18H24N2O4. The first kappa shape index (κ1) is 18.2. The minimum Gasteiger partial charge on any atom is -0.382 e. The van der Waals surface area contributed by atoms with Crippen molar-refractivity contribution in [3.63, 3.8) is 0 Å². The zero-order valence-electron chi connectivity index (χ0n) is 14.4. The van der Waals surface area contributed by atoms with Crippen LogP contribution in [-0.2, 0) is 22.6 Å². The second-order valence-electron chi connectivity index (χ2n) is 5.89. The summed E-state index contributed by atoms with van der Waals surface area (Å²) in [6.45, 7) is 4.80. The van der Waals surface area contributed by atoms with E-state index in [2.05, 4.69) is 4.98 Å². The Balaban J connectivity index is 2.45. The standard InChI is InChI=1S/C18H24N2O4/c1-13(2)16-15(11-14-7-5-4-6-8-14)20(12-24-10-9-23-3)18(22)19-17(16)21/h4-8,13H,9-12H2,1-3H3,(H,19,21,22). The molecule has 0 aliphatic carbocycles. The van der Waals surface area contributed by atoms with Crippen molar-refractivity contribution in [2.45, 2.75) is 32.9 Å². The van der Waals surface area contributed by atoms with Crippen LogP contribution >= 0.6 is 0 Å². The van der Waals surface area contributed by atoms with Crippen LogP contribution in [0.3, 0.4) is 0 Å². The van der Waals surface area contributed by atoms with E-state index in [0.717, 1.165) is 5.56 Å². The maximum atomic E-state index is 12.3. The largest absolute Gasteiger partial charge is 0.382 e. The van der Waals surface area contributed by atoms with Gasteiger partial charge in [-0.2, -0.15) is 0 Å². The van der Waals surface area contributed by atoms with E-state index < -0.39 is 5.69 Å². The van der Waals surface area contributed by atoms with Crippen LogP contribution in [0.2, 0.25) is 0 Å². The quantitative estimate of drug-likeness (QED) is 0.749. The summed E-state index contributed by atoms with van der Waals surface area (Å²) in [6, 6.07) is 9.77. The molecule has 0 radical (unpaired) electrons. The van der Waals surface area contributed by atoms with Gasteiger partial charge in [0.2, 0.25) is 0 Å². The molecule has 2 aromatic rings. The number of aromatic nitrogens is 2. The molecule has 0 aliphatic heterocycles. The third-order valence-corrected chi connectivity index (χ3v) is 3.79. The Labute approximate surface area is 141 Å². The summed E-state index contributed by atoms with van der Waals surface area (Å²) in [4.78, 5) is 27.0. The van der Waals surface area contributed by atoms with E-state index in [9.17, 15) is 9.59 Å². The fourth-order valence-electron chi connectivity index (χ4n) is 2.64. The molecule has 1 aromatic carbocycles. The summed E-state index contributed by atoms with van der Waals surface area (Å²) in [5, 5.41) is 0. The second kappa shape index (κ2) is 8.61. The van der Waals surface area contributed by atoms with E-state index in [-0.39, 0.29) is 18.2 Å². The third-order valence-electron chi connectivity index (χ3n) is 3.79. The Bertz CT molecular complexity index is 763. The number of nitrogens with one attached hydrogen (secondary N) is 1. The van der Waals surface area contributed by atoms with Gasteiger partial charge in [-0.15, -0.1) is 0 Å². The Morgan fingerprint density at radius 3 is 2.46 bits per heavy atom. The van der Waals surface area contributed by atoms with Crippen molar-refractivity contribution in [1.29, 1.82) is 0 Å². The van der Waals surface area contributed by atoms with E-state index in [0.29, 0.717) is 30.9 Å². The number of hydrogen-bond acceptors (Lipinski definition) is 4. The molecule has 0 saturated heterocycles. The van der Waals surface area contributed by atoms with Gasteiger partial charge in [-0.25, -0.2) is 4.79 Å². The van der Waals surface area contributed by atoms with Crippen molar-refractivity contribution >= 4 is 0 Å². The van der Waals surface area contributed by atoms with E-state index in [4.69, 9.17) is 9.47 Å². The van der Waals surface area contributed by atoms with Gasteiger partial charge < -0.3 is 9.47 Å². The van der Waals surface area contributed by atoms with E-state index in [1.54, 1.807) is 7.11 Å². The lowest BCUT2D eigenvalue weighted by atomic mass is 9.98. The summed E-state index contributed by atoms with van der Waals surface area (Å²) >= 11 is 0. The molecule has 0 atom stereocenters. The van der Waals surface area contributed by atoms with Crippen LogP contribution in [0.25, 0.3) is 0 Å². The zero-order chi connectivity index (χ0) is 17.5. The summed E-state index contributed by atoms with van der Waals surface area (Å²) in [5.74, 6) is -0.00159. The average molecular weight is 332 g/mol. The fraction of sp³-hybridized carbons (Fsp3) is 0.444. The van der Waals surface area contributed by atoms with Gasteiger partial charge in [0.1, 0.15) is 6.73 Å². The highest BCUT2D eigenvalue weighted by atomic mass is 16.5. The normalized spacial score (nSPS) is 11.2. The molecule has 24 heavy (non-hydrogen) atoms. The molecule has 0 aliphatic rings. The van der Waals surface area contributed by atoms with Gasteiger partial charge in [0.25, 0.3) is 5.56 Å². The van der Waals surface area contributed by atoms with Gasteiger partial charge in [-0.1, -0.05) is 44.2 Å². The van der Waals surface area contributed by atoms with E-state index in [1.807, 2.05) is 44.2 Å². The summed E-state index contributed by atoms with van der Waals surface area (Å²) in [7, 11) is 1.59. The van der Waals surface area contributed by atoms with Crippen LogP contribution in [0, 0.1) is 0 Å². The van der Waals surface area contributed by atoms with Gasteiger partial charge in [-0.3, -0.25) is 14.3 Å². The molecule has 6 nitrogen and oxygen atoms in total. The predicted molar refractivity (Wildman–Crippen MR) is 92.5 cm³/mol. The van der Waals surface area contributed by atoms with Gasteiger partial charge in [0.05, 0.1) is 13.2 Å². The number of nitrogens with zero attached hydrogens (tertiary/aromatic N) is 1. The maximum absolute atomic E-state index is 12.3. The Morgan fingerprint density at radius 1 is 1.12 bits per heavy atom. The number of rotatable bonds is 8. The van der Waals surface area contributed by atoms with Crippen molar-refractivity contribution < 1.29 is 9.47 Å². The third kappa shape index (κ3) is 4.43. The van der Waals surface area contributed by atoms with Gasteiger partial charge in [0, 0.05) is 24.8 Å². The highest BCUT2D eigenvalue weighted by Crippen LogP contribution is 2.17. The minimum absolute atomic E-state index is 0.00159. The summed E-state index contributed by atoms with van der Waals surface area (Å²) < 4.78 is 12.0. The molecule has 1 aromatic heterocycles. The molecule has 1 N–H and O–H groups in total. The number of ether oxygens (including phenoxy) is 2. The molecule has 0 fully saturated rings.